The van der Waals surface area contributed by atoms with Gasteiger partial charge in [0.25, 0.3) is 0 Å². The van der Waals surface area contributed by atoms with Gasteiger partial charge in [0.05, 0.1) is 11.4 Å². The summed E-state index contributed by atoms with van der Waals surface area (Å²) in [5.41, 5.74) is 7.28. The summed E-state index contributed by atoms with van der Waals surface area (Å²) < 4.78 is 11.6. The molecule has 1 aromatic heterocycles. The van der Waals surface area contributed by atoms with Crippen LogP contribution in [0.5, 0.6) is 0 Å². The highest BCUT2D eigenvalue weighted by Gasteiger charge is 2.10. The molecular formula is C10H16N2OS. The van der Waals surface area contributed by atoms with Crippen LogP contribution in [0.3, 0.4) is 0 Å². The first-order chi connectivity index (χ1) is 6.63. The maximum Gasteiger partial charge on any atom is 0.0662 e. The van der Waals surface area contributed by atoms with Gasteiger partial charge in [-0.05, 0) is 26.0 Å². The van der Waals surface area contributed by atoms with E-state index in [4.69, 9.17) is 5.73 Å². The fourth-order valence-electron chi connectivity index (χ4n) is 1.08. The van der Waals surface area contributed by atoms with Crippen molar-refractivity contribution in [3.8, 4) is 0 Å². The molecule has 0 saturated carbocycles. The van der Waals surface area contributed by atoms with Crippen molar-refractivity contribution in [1.82, 2.24) is 4.98 Å². The van der Waals surface area contributed by atoms with Crippen molar-refractivity contribution in [2.45, 2.75) is 24.9 Å². The van der Waals surface area contributed by atoms with Crippen molar-refractivity contribution in [2.75, 3.05) is 6.54 Å². The summed E-state index contributed by atoms with van der Waals surface area (Å²) in [5.74, 6) is 0.500. The molecule has 0 aromatic carbocycles. The van der Waals surface area contributed by atoms with Crippen LogP contribution in [-0.2, 0) is 16.6 Å². The van der Waals surface area contributed by atoms with E-state index < -0.39 is 10.8 Å². The summed E-state index contributed by atoms with van der Waals surface area (Å²) >= 11 is 0. The Morgan fingerprint density at radius 2 is 2.29 bits per heavy atom. The van der Waals surface area contributed by atoms with E-state index in [0.717, 1.165) is 11.4 Å². The smallest absolute Gasteiger partial charge is 0.0662 e. The number of nitrogens with two attached hydrogens (primary N) is 1. The molecule has 2 unspecified atom stereocenters. The molecule has 0 radical (unpaired) electrons. The predicted octanol–water partition coefficient (Wildman–Crippen LogP) is 0.986. The zero-order valence-corrected chi connectivity index (χ0v) is 9.38. The van der Waals surface area contributed by atoms with E-state index in [1.165, 1.54) is 0 Å². The van der Waals surface area contributed by atoms with Crippen LogP contribution in [0.15, 0.2) is 18.2 Å². The lowest BCUT2D eigenvalue weighted by atomic mass is 10.3. The molecule has 3 nitrogen and oxygen atoms in total. The van der Waals surface area contributed by atoms with Crippen LogP contribution < -0.4 is 5.73 Å². The molecule has 0 spiro atoms. The molecule has 2 atom stereocenters. The third-order valence-corrected chi connectivity index (χ3v) is 3.69. The third kappa shape index (κ3) is 3.20. The Labute approximate surface area is 87.2 Å². The SMILES string of the molecule is Cc1cccc(CS(=O)C(C)CN)n1. The Bertz CT molecular complexity index is 328. The summed E-state index contributed by atoms with van der Waals surface area (Å²) in [7, 11) is -0.912. The monoisotopic (exact) mass is 212 g/mol. The molecular weight excluding hydrogens is 196 g/mol. The van der Waals surface area contributed by atoms with E-state index in [0.29, 0.717) is 12.3 Å². The summed E-state index contributed by atoms with van der Waals surface area (Å²) in [6.07, 6.45) is 0. The van der Waals surface area contributed by atoms with Gasteiger partial charge in [0.1, 0.15) is 0 Å². The third-order valence-electron chi connectivity index (χ3n) is 2.02. The van der Waals surface area contributed by atoms with E-state index >= 15 is 0 Å². The second kappa shape index (κ2) is 5.22. The quantitative estimate of drug-likeness (QED) is 0.809. The fourth-order valence-corrected chi connectivity index (χ4v) is 2.03. The van der Waals surface area contributed by atoms with Crippen molar-refractivity contribution >= 4 is 10.8 Å². The highest BCUT2D eigenvalue weighted by molar-refractivity contribution is 7.84. The molecule has 1 aromatic rings. The summed E-state index contributed by atoms with van der Waals surface area (Å²) in [6, 6.07) is 5.76. The van der Waals surface area contributed by atoms with Gasteiger partial charge in [-0.25, -0.2) is 0 Å². The lowest BCUT2D eigenvalue weighted by Crippen LogP contribution is -2.23. The van der Waals surface area contributed by atoms with Crippen molar-refractivity contribution < 1.29 is 4.21 Å². The summed E-state index contributed by atoms with van der Waals surface area (Å²) in [6.45, 7) is 4.28. The Morgan fingerprint density at radius 1 is 1.57 bits per heavy atom. The average molecular weight is 212 g/mol. The zero-order chi connectivity index (χ0) is 10.6. The zero-order valence-electron chi connectivity index (χ0n) is 8.56. The molecule has 14 heavy (non-hydrogen) atoms. The second-order valence-corrected chi connectivity index (χ2v) is 5.20. The molecule has 0 aliphatic heterocycles. The molecule has 0 saturated heterocycles. The Balaban J connectivity index is 2.65. The Hall–Kier alpha value is -0.740. The van der Waals surface area contributed by atoms with Crippen molar-refractivity contribution in [3.63, 3.8) is 0 Å². The first-order valence-corrected chi connectivity index (χ1v) is 6.01. The molecule has 0 aliphatic carbocycles. The van der Waals surface area contributed by atoms with Crippen LogP contribution in [0, 0.1) is 6.92 Å². The van der Waals surface area contributed by atoms with Gasteiger partial charge in [-0.3, -0.25) is 9.19 Å². The van der Waals surface area contributed by atoms with Gasteiger partial charge in [-0.2, -0.15) is 0 Å². The van der Waals surface area contributed by atoms with Gasteiger partial charge >= 0.3 is 0 Å². The highest BCUT2D eigenvalue weighted by atomic mass is 32.2. The minimum Gasteiger partial charge on any atom is -0.329 e. The van der Waals surface area contributed by atoms with Gasteiger partial charge in [0, 0.05) is 28.3 Å². The highest BCUT2D eigenvalue weighted by Crippen LogP contribution is 2.05. The van der Waals surface area contributed by atoms with Gasteiger partial charge in [-0.1, -0.05) is 6.07 Å². The van der Waals surface area contributed by atoms with Crippen LogP contribution in [0.4, 0.5) is 0 Å². The minimum atomic E-state index is -0.912. The largest absolute Gasteiger partial charge is 0.329 e. The van der Waals surface area contributed by atoms with E-state index in [1.807, 2.05) is 32.0 Å². The Kier molecular flexibility index (Phi) is 4.22. The van der Waals surface area contributed by atoms with Gasteiger partial charge in [-0.15, -0.1) is 0 Å². The second-order valence-electron chi connectivity index (χ2n) is 3.34. The molecule has 1 rings (SSSR count). The van der Waals surface area contributed by atoms with Crippen LogP contribution in [0.2, 0.25) is 0 Å². The van der Waals surface area contributed by atoms with Crippen LogP contribution >= 0.6 is 0 Å². The number of nitrogens with zero attached hydrogens (tertiary/aromatic N) is 1. The van der Waals surface area contributed by atoms with Gasteiger partial charge in [0.2, 0.25) is 0 Å². The standard InChI is InChI=1S/C10H16N2OS/c1-8-4-3-5-10(12-8)7-14(13)9(2)6-11/h3-5,9H,6-7,11H2,1-2H3. The number of aromatic nitrogens is 1. The molecule has 0 bridgehead atoms. The summed E-state index contributed by atoms with van der Waals surface area (Å²) in [5, 5.41) is 0.0392. The normalized spacial score (nSPS) is 15.1. The molecule has 1 heterocycles. The van der Waals surface area contributed by atoms with E-state index in [1.54, 1.807) is 0 Å². The number of rotatable bonds is 4. The van der Waals surface area contributed by atoms with Crippen LogP contribution in [-0.4, -0.2) is 21.0 Å². The van der Waals surface area contributed by atoms with Crippen molar-refractivity contribution in [1.29, 1.82) is 0 Å². The number of hydrogen-bond donors (Lipinski definition) is 1. The minimum absolute atomic E-state index is 0.0392. The van der Waals surface area contributed by atoms with Crippen molar-refractivity contribution in [3.05, 3.63) is 29.6 Å². The van der Waals surface area contributed by atoms with Crippen molar-refractivity contribution in [2.24, 2.45) is 5.73 Å². The predicted molar refractivity (Wildman–Crippen MR) is 59.3 cm³/mol. The molecule has 2 N–H and O–H groups in total. The van der Waals surface area contributed by atoms with E-state index in [-0.39, 0.29) is 5.25 Å². The van der Waals surface area contributed by atoms with Crippen LogP contribution in [0.1, 0.15) is 18.3 Å². The van der Waals surface area contributed by atoms with Gasteiger partial charge < -0.3 is 5.73 Å². The maximum atomic E-state index is 11.6. The number of hydrogen-bond acceptors (Lipinski definition) is 3. The topological polar surface area (TPSA) is 56.0 Å². The molecule has 78 valence electrons. The first-order valence-electron chi connectivity index (χ1n) is 4.63. The molecule has 0 aliphatic rings. The molecule has 0 amide bonds. The molecule has 4 heteroatoms. The average Bonchev–Trinajstić information content (AvgIpc) is 2.16. The van der Waals surface area contributed by atoms with Gasteiger partial charge in [0.15, 0.2) is 0 Å². The fraction of sp³-hybridized carbons (Fsp3) is 0.500. The lowest BCUT2D eigenvalue weighted by Gasteiger charge is -2.08. The van der Waals surface area contributed by atoms with E-state index in [9.17, 15) is 4.21 Å². The first kappa shape index (κ1) is 11.3. The van der Waals surface area contributed by atoms with Crippen LogP contribution in [0.25, 0.3) is 0 Å². The number of pyridine rings is 1. The number of aryl methyl sites for hydroxylation is 1. The Morgan fingerprint density at radius 3 is 2.86 bits per heavy atom. The molecule has 0 fully saturated rings. The van der Waals surface area contributed by atoms with E-state index in [2.05, 4.69) is 4.98 Å². The lowest BCUT2D eigenvalue weighted by molar-refractivity contribution is 0.672. The maximum absolute atomic E-state index is 11.6. The summed E-state index contributed by atoms with van der Waals surface area (Å²) in [4.78, 5) is 4.30.